The first-order chi connectivity index (χ1) is 12.9. The van der Waals surface area contributed by atoms with Gasteiger partial charge in [-0.15, -0.1) is 0 Å². The summed E-state index contributed by atoms with van der Waals surface area (Å²) in [6.07, 6.45) is -4.89. The zero-order valence-electron chi connectivity index (χ0n) is 14.3. The number of alkyl halides is 3. The van der Waals surface area contributed by atoms with Crippen molar-refractivity contribution in [2.75, 3.05) is 11.8 Å². The lowest BCUT2D eigenvalue weighted by atomic mass is 9.83. The van der Waals surface area contributed by atoms with Gasteiger partial charge in [0.2, 0.25) is 0 Å². The second-order valence-electron chi connectivity index (χ2n) is 6.33. The van der Waals surface area contributed by atoms with Crippen LogP contribution in [0.5, 0.6) is 0 Å². The fourth-order valence-corrected chi connectivity index (χ4v) is 4.82. The Morgan fingerprint density at radius 2 is 1.93 bits per heavy atom. The number of sulfonamides is 1. The third-order valence-electron chi connectivity index (χ3n) is 4.73. The van der Waals surface area contributed by atoms with Gasteiger partial charge in [-0.25, -0.2) is 17.2 Å². The van der Waals surface area contributed by atoms with E-state index in [9.17, 15) is 30.4 Å². The largest absolute Gasteiger partial charge is 0.417 e. The molecule has 0 fully saturated rings. The minimum absolute atomic E-state index is 0.0632. The number of rotatable bonds is 4. The average Bonchev–Trinajstić information content (AvgIpc) is 3.02. The monoisotopic (exact) mass is 488 g/mol. The van der Waals surface area contributed by atoms with Crippen molar-refractivity contribution in [3.63, 3.8) is 0 Å². The van der Waals surface area contributed by atoms with E-state index in [4.69, 9.17) is 4.74 Å². The van der Waals surface area contributed by atoms with E-state index in [0.29, 0.717) is 6.07 Å². The van der Waals surface area contributed by atoms with Crippen LogP contribution in [-0.4, -0.2) is 32.3 Å². The Hall–Kier alpha value is -1.66. The summed E-state index contributed by atoms with van der Waals surface area (Å²) in [7, 11) is -3.42. The standard InChI is InChI=1S/C16H14BrF5N2O3S/c1-27-15(16(20,21)22)3-2-8-13(6-15)23-7-14(8)28(25,26)24-12-5-10(18)9(17)4-11(12)19/h4-5,7,23-24H,2-3,6H2,1H3/t15-/m1/s1. The molecule has 2 aromatic rings. The summed E-state index contributed by atoms with van der Waals surface area (Å²) in [6, 6.07) is 1.42. The molecule has 1 aliphatic carbocycles. The molecule has 28 heavy (non-hydrogen) atoms. The van der Waals surface area contributed by atoms with Gasteiger partial charge in [0.05, 0.1) is 10.2 Å². The number of ether oxygens (including phenoxy) is 1. The zero-order valence-corrected chi connectivity index (χ0v) is 16.7. The Bertz CT molecular complexity index is 1020. The molecule has 0 bridgehead atoms. The number of benzene rings is 1. The van der Waals surface area contributed by atoms with Crippen molar-refractivity contribution in [1.29, 1.82) is 0 Å². The van der Waals surface area contributed by atoms with E-state index >= 15 is 0 Å². The summed E-state index contributed by atoms with van der Waals surface area (Å²) < 4.78 is 99.4. The van der Waals surface area contributed by atoms with Crippen LogP contribution in [0.3, 0.4) is 0 Å². The highest BCUT2D eigenvalue weighted by Crippen LogP contribution is 2.44. The van der Waals surface area contributed by atoms with Crippen molar-refractivity contribution in [3.05, 3.63) is 45.7 Å². The average molecular weight is 489 g/mol. The highest BCUT2D eigenvalue weighted by Gasteiger charge is 2.57. The Morgan fingerprint density at radius 1 is 1.25 bits per heavy atom. The minimum atomic E-state index is -4.64. The van der Waals surface area contributed by atoms with E-state index < -0.39 is 52.0 Å². The van der Waals surface area contributed by atoms with Gasteiger partial charge in [0.25, 0.3) is 10.0 Å². The molecule has 1 aliphatic rings. The molecule has 1 aromatic heterocycles. The van der Waals surface area contributed by atoms with Crippen LogP contribution in [0.2, 0.25) is 0 Å². The van der Waals surface area contributed by atoms with Crippen molar-refractivity contribution >= 4 is 31.6 Å². The van der Waals surface area contributed by atoms with E-state index in [1.807, 2.05) is 4.72 Å². The molecule has 0 amide bonds. The third-order valence-corrected chi connectivity index (χ3v) is 6.77. The molecule has 0 saturated carbocycles. The molecule has 0 spiro atoms. The number of hydrogen-bond acceptors (Lipinski definition) is 3. The lowest BCUT2D eigenvalue weighted by Gasteiger charge is -2.37. The van der Waals surface area contributed by atoms with Gasteiger partial charge in [-0.1, -0.05) is 0 Å². The fourth-order valence-electron chi connectivity index (χ4n) is 3.18. The Morgan fingerprint density at radius 3 is 2.54 bits per heavy atom. The van der Waals surface area contributed by atoms with Crippen molar-refractivity contribution in [2.45, 2.75) is 35.9 Å². The number of nitrogens with one attached hydrogen (secondary N) is 2. The molecule has 2 N–H and O–H groups in total. The number of H-pyrrole nitrogens is 1. The molecule has 12 heteroatoms. The van der Waals surface area contributed by atoms with Crippen LogP contribution in [-0.2, 0) is 27.6 Å². The number of methoxy groups -OCH3 is 1. The maximum Gasteiger partial charge on any atom is 0.417 e. The Kier molecular flexibility index (Phi) is 5.26. The Labute approximate surface area is 165 Å². The highest BCUT2D eigenvalue weighted by molar-refractivity contribution is 9.10. The SMILES string of the molecule is CO[C@]1(C(F)(F)F)CCc2c(S(=O)(=O)Nc3cc(F)c(Br)cc3F)c[nH]c2C1. The summed E-state index contributed by atoms with van der Waals surface area (Å²) in [6.45, 7) is 0. The molecule has 1 atom stereocenters. The molecule has 1 heterocycles. The smallest absolute Gasteiger partial charge is 0.368 e. The number of fused-ring (bicyclic) bond motifs is 1. The van der Waals surface area contributed by atoms with Crippen LogP contribution in [0.15, 0.2) is 27.7 Å². The number of aromatic amines is 1. The first kappa shape index (κ1) is 21.1. The van der Waals surface area contributed by atoms with Crippen molar-refractivity contribution in [3.8, 4) is 0 Å². The van der Waals surface area contributed by atoms with E-state index in [2.05, 4.69) is 20.9 Å². The lowest BCUT2D eigenvalue weighted by Crippen LogP contribution is -2.51. The zero-order chi connectivity index (χ0) is 20.9. The van der Waals surface area contributed by atoms with E-state index in [-0.39, 0.29) is 27.0 Å². The van der Waals surface area contributed by atoms with Crippen LogP contribution < -0.4 is 4.72 Å². The van der Waals surface area contributed by atoms with Gasteiger partial charge in [0.15, 0.2) is 5.60 Å². The van der Waals surface area contributed by atoms with Crippen LogP contribution in [0.1, 0.15) is 17.7 Å². The number of halogens is 6. The second-order valence-corrected chi connectivity index (χ2v) is 8.84. The van der Waals surface area contributed by atoms with Gasteiger partial charge in [0, 0.05) is 31.5 Å². The Balaban J connectivity index is 1.95. The molecule has 0 saturated heterocycles. The maximum atomic E-state index is 13.9. The summed E-state index contributed by atoms with van der Waals surface area (Å²) in [5.41, 5.74) is -2.82. The molecule has 1 aromatic carbocycles. The first-order valence-electron chi connectivity index (χ1n) is 7.88. The van der Waals surface area contributed by atoms with Crippen molar-refractivity contribution in [2.24, 2.45) is 0 Å². The van der Waals surface area contributed by atoms with E-state index in [1.54, 1.807) is 0 Å². The molecule has 0 unspecified atom stereocenters. The predicted octanol–water partition coefficient (Wildman–Crippen LogP) is 4.29. The van der Waals surface area contributed by atoms with Gasteiger partial charge in [-0.05, 0) is 40.4 Å². The second kappa shape index (κ2) is 6.99. The van der Waals surface area contributed by atoms with Crippen molar-refractivity contribution < 1.29 is 35.1 Å². The molecule has 3 rings (SSSR count). The van der Waals surface area contributed by atoms with Crippen LogP contribution in [0, 0.1) is 11.6 Å². The molecular weight excluding hydrogens is 475 g/mol. The first-order valence-corrected chi connectivity index (χ1v) is 10.2. The molecule has 0 radical (unpaired) electrons. The third kappa shape index (κ3) is 3.52. The number of aromatic nitrogens is 1. The number of anilines is 1. The molecule has 5 nitrogen and oxygen atoms in total. The van der Waals surface area contributed by atoms with Gasteiger partial charge in [-0.3, -0.25) is 4.72 Å². The molecule has 0 aliphatic heterocycles. The van der Waals surface area contributed by atoms with Gasteiger partial charge >= 0.3 is 6.18 Å². The number of hydrogen-bond donors (Lipinski definition) is 2. The highest BCUT2D eigenvalue weighted by atomic mass is 79.9. The van der Waals surface area contributed by atoms with Crippen LogP contribution in [0.25, 0.3) is 0 Å². The van der Waals surface area contributed by atoms with Crippen LogP contribution >= 0.6 is 15.9 Å². The summed E-state index contributed by atoms with van der Waals surface area (Å²) in [5.74, 6) is -1.90. The van der Waals surface area contributed by atoms with Gasteiger partial charge < -0.3 is 9.72 Å². The van der Waals surface area contributed by atoms with Gasteiger partial charge in [0.1, 0.15) is 16.5 Å². The molecular formula is C16H14BrF5N2O3S. The minimum Gasteiger partial charge on any atom is -0.368 e. The van der Waals surface area contributed by atoms with Crippen molar-refractivity contribution in [1.82, 2.24) is 4.98 Å². The van der Waals surface area contributed by atoms with E-state index in [0.717, 1.165) is 19.4 Å². The van der Waals surface area contributed by atoms with Crippen LogP contribution in [0.4, 0.5) is 27.6 Å². The predicted molar refractivity (Wildman–Crippen MR) is 93.5 cm³/mol. The lowest BCUT2D eigenvalue weighted by molar-refractivity contribution is -0.273. The maximum absolute atomic E-state index is 13.9. The fraction of sp³-hybridized carbons (Fsp3) is 0.375. The topological polar surface area (TPSA) is 71.2 Å². The van der Waals surface area contributed by atoms with E-state index in [1.165, 1.54) is 0 Å². The summed E-state index contributed by atoms with van der Waals surface area (Å²) in [5, 5.41) is 0. The quantitative estimate of drug-likeness (QED) is 0.498. The molecule has 154 valence electrons. The normalized spacial score (nSPS) is 20.1. The summed E-state index contributed by atoms with van der Waals surface area (Å²) >= 11 is 2.78. The summed E-state index contributed by atoms with van der Waals surface area (Å²) in [4.78, 5) is 2.22. The van der Waals surface area contributed by atoms with Gasteiger partial charge in [-0.2, -0.15) is 13.2 Å².